The molecular formula is C11H12N2O2. The third kappa shape index (κ3) is 1.66. The molecule has 0 radical (unpaired) electrons. The Hall–Kier alpha value is -1.97. The topological polar surface area (TPSA) is 61.3 Å². The number of aromatic nitrogens is 1. The second-order valence-electron chi connectivity index (χ2n) is 3.20. The molecule has 0 atom stereocenters. The van der Waals surface area contributed by atoms with Gasteiger partial charge in [-0.15, -0.1) is 0 Å². The lowest BCUT2D eigenvalue weighted by Gasteiger charge is -2.07. The number of hydrogen-bond donors (Lipinski definition) is 1. The molecule has 4 nitrogen and oxygen atoms in total. The number of anilines is 1. The van der Waals surface area contributed by atoms with Crippen LogP contribution in [0.25, 0.3) is 11.5 Å². The number of para-hydroxylation sites is 1. The summed E-state index contributed by atoms with van der Waals surface area (Å²) < 4.78 is 10.6. The monoisotopic (exact) mass is 204 g/mol. The SMILES string of the molecule is COc1c(N)cccc1-c1ncc(C)o1. The zero-order valence-corrected chi connectivity index (χ0v) is 8.65. The summed E-state index contributed by atoms with van der Waals surface area (Å²) in [6.45, 7) is 1.84. The number of aryl methyl sites for hydroxylation is 1. The first-order chi connectivity index (χ1) is 7.22. The summed E-state index contributed by atoms with van der Waals surface area (Å²) in [6, 6.07) is 5.48. The predicted octanol–water partition coefficient (Wildman–Crippen LogP) is 2.24. The molecule has 2 aromatic rings. The number of methoxy groups -OCH3 is 1. The average molecular weight is 204 g/mol. The molecule has 0 aliphatic heterocycles. The van der Waals surface area contributed by atoms with Gasteiger partial charge in [0, 0.05) is 0 Å². The number of nitrogens with zero attached hydrogens (tertiary/aromatic N) is 1. The molecule has 2 N–H and O–H groups in total. The third-order valence-electron chi connectivity index (χ3n) is 2.10. The van der Waals surface area contributed by atoms with Crippen LogP contribution in [-0.2, 0) is 0 Å². The summed E-state index contributed by atoms with van der Waals surface area (Å²) in [5.41, 5.74) is 7.13. The number of hydrogen-bond acceptors (Lipinski definition) is 4. The summed E-state index contributed by atoms with van der Waals surface area (Å²) in [5.74, 6) is 1.88. The molecule has 0 aliphatic rings. The number of rotatable bonds is 2. The Labute approximate surface area is 87.7 Å². The van der Waals surface area contributed by atoms with Crippen molar-refractivity contribution >= 4 is 5.69 Å². The molecule has 0 saturated heterocycles. The minimum absolute atomic E-state index is 0.525. The molecule has 78 valence electrons. The molecule has 0 bridgehead atoms. The van der Waals surface area contributed by atoms with Crippen molar-refractivity contribution in [1.29, 1.82) is 0 Å². The van der Waals surface area contributed by atoms with Crippen LogP contribution in [0.2, 0.25) is 0 Å². The van der Waals surface area contributed by atoms with Gasteiger partial charge >= 0.3 is 0 Å². The van der Waals surface area contributed by atoms with Gasteiger partial charge in [0.2, 0.25) is 5.89 Å². The molecule has 1 aromatic heterocycles. The van der Waals surface area contributed by atoms with Crippen LogP contribution in [0.5, 0.6) is 5.75 Å². The minimum atomic E-state index is 0.525. The van der Waals surface area contributed by atoms with Crippen LogP contribution < -0.4 is 10.5 Å². The minimum Gasteiger partial charge on any atom is -0.494 e. The van der Waals surface area contributed by atoms with Gasteiger partial charge in [0.1, 0.15) is 5.76 Å². The molecule has 15 heavy (non-hydrogen) atoms. The Morgan fingerprint density at radius 1 is 1.40 bits per heavy atom. The fourth-order valence-corrected chi connectivity index (χ4v) is 1.43. The van der Waals surface area contributed by atoms with Gasteiger partial charge in [-0.3, -0.25) is 0 Å². The Bertz CT molecular complexity index is 477. The Morgan fingerprint density at radius 3 is 2.80 bits per heavy atom. The van der Waals surface area contributed by atoms with Crippen molar-refractivity contribution in [2.24, 2.45) is 0 Å². The van der Waals surface area contributed by atoms with E-state index in [0.717, 1.165) is 11.3 Å². The van der Waals surface area contributed by atoms with Crippen molar-refractivity contribution in [2.75, 3.05) is 12.8 Å². The molecule has 0 amide bonds. The largest absolute Gasteiger partial charge is 0.494 e. The number of ether oxygens (including phenoxy) is 1. The highest BCUT2D eigenvalue weighted by Gasteiger charge is 2.12. The van der Waals surface area contributed by atoms with Crippen LogP contribution in [0.3, 0.4) is 0 Å². The van der Waals surface area contributed by atoms with E-state index < -0.39 is 0 Å². The van der Waals surface area contributed by atoms with Crippen molar-refractivity contribution in [1.82, 2.24) is 4.98 Å². The number of oxazole rings is 1. The van der Waals surface area contributed by atoms with Gasteiger partial charge in [-0.1, -0.05) is 6.07 Å². The third-order valence-corrected chi connectivity index (χ3v) is 2.10. The maximum atomic E-state index is 5.78. The van der Waals surface area contributed by atoms with Gasteiger partial charge in [0.05, 0.1) is 24.6 Å². The van der Waals surface area contributed by atoms with Crippen molar-refractivity contribution in [2.45, 2.75) is 6.92 Å². The quantitative estimate of drug-likeness (QED) is 0.762. The van der Waals surface area contributed by atoms with Gasteiger partial charge in [-0.05, 0) is 19.1 Å². The van der Waals surface area contributed by atoms with E-state index in [4.69, 9.17) is 14.9 Å². The number of benzene rings is 1. The molecule has 1 aromatic carbocycles. The van der Waals surface area contributed by atoms with Crippen LogP contribution in [0, 0.1) is 6.92 Å². The van der Waals surface area contributed by atoms with Crippen LogP contribution in [0.1, 0.15) is 5.76 Å². The molecule has 0 aliphatic carbocycles. The number of nitrogens with two attached hydrogens (primary N) is 1. The van der Waals surface area contributed by atoms with Crippen molar-refractivity contribution in [3.05, 3.63) is 30.2 Å². The lowest BCUT2D eigenvalue weighted by molar-refractivity contribution is 0.416. The molecule has 0 fully saturated rings. The summed E-state index contributed by atoms with van der Waals surface area (Å²) in [7, 11) is 1.57. The van der Waals surface area contributed by atoms with Gasteiger partial charge in [0.15, 0.2) is 5.75 Å². The van der Waals surface area contributed by atoms with E-state index >= 15 is 0 Å². The van der Waals surface area contributed by atoms with E-state index in [-0.39, 0.29) is 0 Å². The van der Waals surface area contributed by atoms with E-state index in [0.29, 0.717) is 17.3 Å². The van der Waals surface area contributed by atoms with Crippen LogP contribution in [0.15, 0.2) is 28.8 Å². The van der Waals surface area contributed by atoms with Crippen molar-refractivity contribution in [3.8, 4) is 17.2 Å². The summed E-state index contributed by atoms with van der Waals surface area (Å²) >= 11 is 0. The van der Waals surface area contributed by atoms with Crippen LogP contribution in [-0.4, -0.2) is 12.1 Å². The zero-order chi connectivity index (χ0) is 10.8. The second kappa shape index (κ2) is 3.65. The van der Waals surface area contributed by atoms with E-state index in [1.807, 2.05) is 19.1 Å². The van der Waals surface area contributed by atoms with Gasteiger partial charge in [-0.2, -0.15) is 0 Å². The summed E-state index contributed by atoms with van der Waals surface area (Å²) in [5, 5.41) is 0. The average Bonchev–Trinajstić information content (AvgIpc) is 2.64. The first-order valence-corrected chi connectivity index (χ1v) is 4.57. The molecule has 4 heteroatoms. The van der Waals surface area contributed by atoms with E-state index in [1.165, 1.54) is 0 Å². The number of nitrogen functional groups attached to an aromatic ring is 1. The highest BCUT2D eigenvalue weighted by molar-refractivity contribution is 5.72. The fourth-order valence-electron chi connectivity index (χ4n) is 1.43. The Morgan fingerprint density at radius 2 is 2.20 bits per heavy atom. The second-order valence-corrected chi connectivity index (χ2v) is 3.20. The van der Waals surface area contributed by atoms with E-state index in [9.17, 15) is 0 Å². The summed E-state index contributed by atoms with van der Waals surface area (Å²) in [4.78, 5) is 4.13. The predicted molar refractivity (Wildman–Crippen MR) is 57.6 cm³/mol. The summed E-state index contributed by atoms with van der Waals surface area (Å²) in [6.07, 6.45) is 1.66. The highest BCUT2D eigenvalue weighted by atomic mass is 16.5. The first-order valence-electron chi connectivity index (χ1n) is 4.57. The Balaban J connectivity index is 2.57. The Kier molecular flexibility index (Phi) is 2.33. The lowest BCUT2D eigenvalue weighted by Crippen LogP contribution is -1.94. The van der Waals surface area contributed by atoms with Gasteiger partial charge < -0.3 is 14.9 Å². The molecule has 2 rings (SSSR count). The smallest absolute Gasteiger partial charge is 0.230 e. The highest BCUT2D eigenvalue weighted by Crippen LogP contribution is 2.33. The van der Waals surface area contributed by atoms with Crippen LogP contribution >= 0.6 is 0 Å². The molecule has 0 spiro atoms. The zero-order valence-electron chi connectivity index (χ0n) is 8.65. The standard InChI is InChI=1S/C11H12N2O2/c1-7-6-13-11(15-7)8-4-3-5-9(12)10(8)14-2/h3-6H,12H2,1-2H3. The van der Waals surface area contributed by atoms with Crippen molar-refractivity contribution < 1.29 is 9.15 Å². The van der Waals surface area contributed by atoms with Crippen molar-refractivity contribution in [3.63, 3.8) is 0 Å². The maximum absolute atomic E-state index is 5.78. The van der Waals surface area contributed by atoms with Crippen LogP contribution in [0.4, 0.5) is 5.69 Å². The molecule has 0 unspecified atom stereocenters. The molecular weight excluding hydrogens is 192 g/mol. The normalized spacial score (nSPS) is 10.3. The lowest BCUT2D eigenvalue weighted by atomic mass is 10.1. The van der Waals surface area contributed by atoms with E-state index in [2.05, 4.69) is 4.98 Å². The fraction of sp³-hybridized carbons (Fsp3) is 0.182. The van der Waals surface area contributed by atoms with Gasteiger partial charge in [-0.25, -0.2) is 4.98 Å². The molecule has 0 saturated carbocycles. The maximum Gasteiger partial charge on any atom is 0.230 e. The first kappa shape index (κ1) is 9.58. The van der Waals surface area contributed by atoms with E-state index in [1.54, 1.807) is 19.4 Å². The molecule has 1 heterocycles. The van der Waals surface area contributed by atoms with Gasteiger partial charge in [0.25, 0.3) is 0 Å².